The number of carbonyl (C=O) groups excluding carboxylic acids is 3. The number of aromatic nitrogens is 4. The molecule has 4 aromatic rings. The lowest BCUT2D eigenvalue weighted by Crippen LogP contribution is -2.59. The zero-order valence-electron chi connectivity index (χ0n) is 29.2. The molecule has 0 radical (unpaired) electrons. The van der Waals surface area contributed by atoms with Crippen molar-refractivity contribution in [2.75, 3.05) is 50.5 Å². The van der Waals surface area contributed by atoms with E-state index in [1.807, 2.05) is 30.5 Å². The molecule has 1 aliphatic carbocycles. The number of nitrogens with zero attached hydrogens (tertiary/aromatic N) is 7. The molecular formula is C38H44ClN9O3. The number of anilines is 3. The number of rotatable bonds is 8. The van der Waals surface area contributed by atoms with E-state index in [4.69, 9.17) is 16.6 Å². The molecule has 3 aliphatic heterocycles. The van der Waals surface area contributed by atoms with Crippen LogP contribution in [0, 0.1) is 5.41 Å². The smallest absolute Gasteiger partial charge is 0.270 e. The number of fused-ring (bicyclic) bond motifs is 1. The first-order valence-electron chi connectivity index (χ1n) is 18.1. The van der Waals surface area contributed by atoms with Crippen LogP contribution >= 0.6 is 11.6 Å². The zero-order chi connectivity index (χ0) is 35.3. The van der Waals surface area contributed by atoms with Gasteiger partial charge in [-0.05, 0) is 72.9 Å². The summed E-state index contributed by atoms with van der Waals surface area (Å²) in [6.45, 7) is 4.94. The molecule has 12 nitrogen and oxygen atoms in total. The SMILES string of the molecule is CN(C)C(=O)c1cc2cnc(Nc3ccc(CN4CC5(CCN(c6ccc([C@H]7CCC(=O)NC7=O)c(Cl)c6)CC5)C4)cn3)nc2n1C1CCCC1. The van der Waals surface area contributed by atoms with E-state index >= 15 is 0 Å². The molecule has 3 saturated heterocycles. The number of hydrogen-bond donors (Lipinski definition) is 2. The first-order chi connectivity index (χ1) is 24.6. The fourth-order valence-corrected chi connectivity index (χ4v) is 8.82. The first-order valence-corrected chi connectivity index (χ1v) is 18.4. The van der Waals surface area contributed by atoms with Gasteiger partial charge >= 0.3 is 0 Å². The number of nitrogens with one attached hydrogen (secondary N) is 2. The number of pyridine rings is 1. The van der Waals surface area contributed by atoms with E-state index in [0.29, 0.717) is 40.7 Å². The summed E-state index contributed by atoms with van der Waals surface area (Å²) < 4.78 is 2.12. The molecule has 6 heterocycles. The predicted octanol–water partition coefficient (Wildman–Crippen LogP) is 5.66. The van der Waals surface area contributed by atoms with Gasteiger partial charge in [0.05, 0.1) is 5.92 Å². The molecule has 0 bridgehead atoms. The molecule has 4 aliphatic rings. The second kappa shape index (κ2) is 13.5. The van der Waals surface area contributed by atoms with Crippen LogP contribution in [0.15, 0.2) is 48.8 Å². The minimum Gasteiger partial charge on any atom is -0.371 e. The quantitative estimate of drug-likeness (QED) is 0.223. The number of likely N-dealkylation sites (tertiary alicyclic amines) is 1. The minimum atomic E-state index is -0.378. The molecule has 1 saturated carbocycles. The van der Waals surface area contributed by atoms with Crippen molar-refractivity contribution in [3.63, 3.8) is 0 Å². The normalized spacial score (nSPS) is 20.8. The monoisotopic (exact) mass is 709 g/mol. The van der Waals surface area contributed by atoms with Crippen molar-refractivity contribution in [2.45, 2.75) is 69.9 Å². The number of benzene rings is 1. The van der Waals surface area contributed by atoms with Crippen molar-refractivity contribution in [3.05, 3.63) is 70.6 Å². The van der Waals surface area contributed by atoms with Gasteiger partial charge in [-0.2, -0.15) is 4.98 Å². The maximum absolute atomic E-state index is 13.0. The average Bonchev–Trinajstić information content (AvgIpc) is 3.77. The number of carbonyl (C=O) groups is 3. The maximum Gasteiger partial charge on any atom is 0.270 e. The van der Waals surface area contributed by atoms with Gasteiger partial charge in [0, 0.05) is 87.8 Å². The summed E-state index contributed by atoms with van der Waals surface area (Å²) in [7, 11) is 3.56. The highest BCUT2D eigenvalue weighted by Gasteiger charge is 2.44. The summed E-state index contributed by atoms with van der Waals surface area (Å²) >= 11 is 6.67. The van der Waals surface area contributed by atoms with Crippen molar-refractivity contribution in [3.8, 4) is 0 Å². The topological polar surface area (TPSA) is 129 Å². The van der Waals surface area contributed by atoms with Gasteiger partial charge in [0.1, 0.15) is 17.2 Å². The van der Waals surface area contributed by atoms with E-state index in [1.165, 1.54) is 0 Å². The second-order valence-corrected chi connectivity index (χ2v) is 15.4. The van der Waals surface area contributed by atoms with Crippen molar-refractivity contribution in [1.29, 1.82) is 0 Å². The Bertz CT molecular complexity index is 1970. The number of halogens is 1. The van der Waals surface area contributed by atoms with Gasteiger partial charge in [0.15, 0.2) is 0 Å². The van der Waals surface area contributed by atoms with Gasteiger partial charge in [-0.1, -0.05) is 36.6 Å². The fourth-order valence-electron chi connectivity index (χ4n) is 8.51. The van der Waals surface area contributed by atoms with E-state index in [-0.39, 0.29) is 29.7 Å². The van der Waals surface area contributed by atoms with Crippen LogP contribution in [0.3, 0.4) is 0 Å². The standard InChI is InChI=1S/C38H44ClN9O3/c1-45(2)36(51)31-17-25-20-41-37(44-34(25)48(31)26-5-3-4-6-26)42-32-11-7-24(19-40-32)21-46-22-38(23-46)13-15-47(16-14-38)27-8-9-28(30(39)18-27)29-10-12-33(49)43-35(29)50/h7-9,11,17-20,26,29H,3-6,10,12-16,21-23H2,1-2H3,(H,43,49,50)(H,40,41,42,44)/t29-/m1/s1. The first kappa shape index (κ1) is 33.6. The number of amides is 3. The van der Waals surface area contributed by atoms with E-state index in [2.05, 4.69) is 47.1 Å². The molecule has 8 rings (SSSR count). The largest absolute Gasteiger partial charge is 0.371 e. The molecule has 1 aromatic carbocycles. The molecule has 51 heavy (non-hydrogen) atoms. The van der Waals surface area contributed by atoms with Crippen LogP contribution < -0.4 is 15.5 Å². The Morgan fingerprint density at radius 3 is 2.49 bits per heavy atom. The van der Waals surface area contributed by atoms with Crippen molar-refractivity contribution >= 4 is 57.8 Å². The third kappa shape index (κ3) is 6.67. The summed E-state index contributed by atoms with van der Waals surface area (Å²) in [5.41, 5.74) is 4.82. The van der Waals surface area contributed by atoms with Gasteiger partial charge < -0.3 is 19.7 Å². The molecule has 266 valence electrons. The summed E-state index contributed by atoms with van der Waals surface area (Å²) in [5.74, 6) is 0.265. The Balaban J connectivity index is 0.852. The molecule has 2 N–H and O–H groups in total. The summed E-state index contributed by atoms with van der Waals surface area (Å²) in [6, 6.07) is 12.2. The lowest BCUT2D eigenvalue weighted by Gasteiger charge is -2.54. The molecular weight excluding hydrogens is 666 g/mol. The summed E-state index contributed by atoms with van der Waals surface area (Å²) in [5, 5.41) is 7.16. The minimum absolute atomic E-state index is 0.0220. The summed E-state index contributed by atoms with van der Waals surface area (Å²) in [4.78, 5) is 57.6. The van der Waals surface area contributed by atoms with Gasteiger partial charge in [-0.25, -0.2) is 9.97 Å². The zero-order valence-corrected chi connectivity index (χ0v) is 30.0. The third-order valence-electron chi connectivity index (χ3n) is 11.3. The van der Waals surface area contributed by atoms with Gasteiger partial charge in [-0.15, -0.1) is 0 Å². The number of piperidine rings is 2. The predicted molar refractivity (Wildman–Crippen MR) is 196 cm³/mol. The molecule has 1 atom stereocenters. The lowest BCUT2D eigenvalue weighted by molar-refractivity contribution is -0.134. The van der Waals surface area contributed by atoms with Crippen LogP contribution in [0.1, 0.15) is 84.9 Å². The highest BCUT2D eigenvalue weighted by Crippen LogP contribution is 2.43. The highest BCUT2D eigenvalue weighted by atomic mass is 35.5. The molecule has 3 aromatic heterocycles. The van der Waals surface area contributed by atoms with E-state index in [1.54, 1.807) is 25.2 Å². The fraction of sp³-hybridized carbons (Fsp3) is 0.474. The van der Waals surface area contributed by atoms with Crippen LogP contribution in [-0.2, 0) is 16.1 Å². The third-order valence-corrected chi connectivity index (χ3v) is 11.6. The molecule has 13 heteroatoms. The van der Waals surface area contributed by atoms with Crippen LogP contribution in [-0.4, -0.2) is 87.3 Å². The molecule has 1 spiro atoms. The van der Waals surface area contributed by atoms with Crippen molar-refractivity contribution in [2.24, 2.45) is 5.41 Å². The van der Waals surface area contributed by atoms with Crippen LogP contribution in [0.2, 0.25) is 5.02 Å². The molecule has 0 unspecified atom stereocenters. The van der Waals surface area contributed by atoms with Crippen LogP contribution in [0.4, 0.5) is 17.5 Å². The van der Waals surface area contributed by atoms with E-state index in [0.717, 1.165) is 99.1 Å². The number of hydrogen-bond acceptors (Lipinski definition) is 9. The Labute approximate surface area is 302 Å². The second-order valence-electron chi connectivity index (χ2n) is 15.0. The Morgan fingerprint density at radius 1 is 1.02 bits per heavy atom. The Hall–Kier alpha value is -4.55. The van der Waals surface area contributed by atoms with Gasteiger partial charge in [0.25, 0.3) is 5.91 Å². The maximum atomic E-state index is 13.0. The number of imide groups is 1. The molecule has 4 fully saturated rings. The Kier molecular flexibility index (Phi) is 8.91. The lowest BCUT2D eigenvalue weighted by atomic mass is 9.72. The van der Waals surface area contributed by atoms with Crippen LogP contribution in [0.5, 0.6) is 0 Å². The van der Waals surface area contributed by atoms with Crippen molar-refractivity contribution in [1.82, 2.24) is 34.6 Å². The van der Waals surface area contributed by atoms with E-state index < -0.39 is 0 Å². The summed E-state index contributed by atoms with van der Waals surface area (Å²) in [6.07, 6.45) is 11.2. The van der Waals surface area contributed by atoms with Crippen LogP contribution in [0.25, 0.3) is 11.0 Å². The van der Waals surface area contributed by atoms with Crippen molar-refractivity contribution < 1.29 is 14.4 Å². The van der Waals surface area contributed by atoms with E-state index in [9.17, 15) is 14.4 Å². The van der Waals surface area contributed by atoms with Gasteiger partial charge in [-0.3, -0.25) is 24.6 Å². The van der Waals surface area contributed by atoms with Gasteiger partial charge in [0.2, 0.25) is 17.8 Å². The Morgan fingerprint density at radius 2 is 1.80 bits per heavy atom. The average molecular weight is 710 g/mol. The molecule has 3 amide bonds. The highest BCUT2D eigenvalue weighted by molar-refractivity contribution is 6.32.